The van der Waals surface area contributed by atoms with Gasteiger partial charge in [-0.05, 0) is 37.0 Å². The summed E-state index contributed by atoms with van der Waals surface area (Å²) in [6.45, 7) is 2.06. The summed E-state index contributed by atoms with van der Waals surface area (Å²) in [5, 5.41) is 10.7. The lowest BCUT2D eigenvalue weighted by Gasteiger charge is -2.12. The molecular formula is C12H14ClFO. The van der Waals surface area contributed by atoms with Crippen LogP contribution in [0.1, 0.15) is 31.7 Å². The average molecular weight is 229 g/mol. The van der Waals surface area contributed by atoms with Crippen molar-refractivity contribution in [2.75, 3.05) is 0 Å². The summed E-state index contributed by atoms with van der Waals surface area (Å²) in [7, 11) is 0. The van der Waals surface area contributed by atoms with Gasteiger partial charge in [-0.15, -0.1) is 0 Å². The molecule has 2 rings (SSSR count). The van der Waals surface area contributed by atoms with Gasteiger partial charge < -0.3 is 5.11 Å². The van der Waals surface area contributed by atoms with Crippen molar-refractivity contribution in [2.45, 2.75) is 31.8 Å². The molecule has 0 aliphatic heterocycles. The molecule has 0 amide bonds. The van der Waals surface area contributed by atoms with Crippen LogP contribution in [-0.2, 0) is 5.60 Å². The van der Waals surface area contributed by atoms with Crippen LogP contribution in [0.3, 0.4) is 0 Å². The van der Waals surface area contributed by atoms with Gasteiger partial charge in [-0.3, -0.25) is 0 Å². The predicted octanol–water partition coefficient (Wildman–Crippen LogP) is 3.49. The van der Waals surface area contributed by atoms with Gasteiger partial charge in [0.2, 0.25) is 0 Å². The highest BCUT2D eigenvalue weighted by Gasteiger charge is 2.54. The van der Waals surface area contributed by atoms with E-state index in [-0.39, 0.29) is 11.7 Å². The maximum absolute atomic E-state index is 13.5. The first-order valence-electron chi connectivity index (χ1n) is 5.26. The number of aliphatic hydroxyl groups is 1. The second-order valence-electron chi connectivity index (χ2n) is 4.24. The van der Waals surface area contributed by atoms with Gasteiger partial charge in [0.1, 0.15) is 5.82 Å². The SMILES string of the molecule is CCCC1CC1(O)c1cc(Cl)ccc1F. The molecule has 0 aromatic heterocycles. The first-order valence-corrected chi connectivity index (χ1v) is 5.63. The lowest BCUT2D eigenvalue weighted by molar-refractivity contribution is 0.124. The van der Waals surface area contributed by atoms with E-state index < -0.39 is 5.60 Å². The minimum atomic E-state index is -0.967. The largest absolute Gasteiger partial charge is 0.385 e. The van der Waals surface area contributed by atoms with Crippen LogP contribution < -0.4 is 0 Å². The number of hydrogen-bond acceptors (Lipinski definition) is 1. The highest BCUT2D eigenvalue weighted by Crippen LogP contribution is 2.55. The molecule has 15 heavy (non-hydrogen) atoms. The van der Waals surface area contributed by atoms with Crippen molar-refractivity contribution in [2.24, 2.45) is 5.92 Å². The van der Waals surface area contributed by atoms with E-state index in [0.717, 1.165) is 12.8 Å². The van der Waals surface area contributed by atoms with Crippen molar-refractivity contribution in [3.63, 3.8) is 0 Å². The summed E-state index contributed by atoms with van der Waals surface area (Å²) in [5.74, 6) is -0.170. The van der Waals surface area contributed by atoms with E-state index in [2.05, 4.69) is 6.92 Å². The Morgan fingerprint density at radius 1 is 1.60 bits per heavy atom. The lowest BCUT2D eigenvalue weighted by Crippen LogP contribution is -2.11. The molecule has 2 unspecified atom stereocenters. The lowest BCUT2D eigenvalue weighted by atomic mass is 10.0. The molecule has 0 saturated heterocycles. The topological polar surface area (TPSA) is 20.2 Å². The molecule has 1 saturated carbocycles. The van der Waals surface area contributed by atoms with E-state index in [1.165, 1.54) is 18.2 Å². The molecule has 0 spiro atoms. The van der Waals surface area contributed by atoms with Crippen molar-refractivity contribution < 1.29 is 9.50 Å². The van der Waals surface area contributed by atoms with E-state index in [4.69, 9.17) is 11.6 Å². The third-order valence-corrected chi connectivity index (χ3v) is 3.34. The zero-order valence-corrected chi connectivity index (χ0v) is 9.39. The zero-order chi connectivity index (χ0) is 11.1. The van der Waals surface area contributed by atoms with Crippen LogP contribution in [0.4, 0.5) is 4.39 Å². The summed E-state index contributed by atoms with van der Waals surface area (Å²) in [5.41, 5.74) is -0.612. The number of rotatable bonds is 3. The van der Waals surface area contributed by atoms with Crippen molar-refractivity contribution in [3.8, 4) is 0 Å². The van der Waals surface area contributed by atoms with Crippen molar-refractivity contribution >= 4 is 11.6 Å². The maximum Gasteiger partial charge on any atom is 0.129 e. The minimum absolute atomic E-state index is 0.190. The zero-order valence-electron chi connectivity index (χ0n) is 8.63. The van der Waals surface area contributed by atoms with Crippen LogP contribution in [0.25, 0.3) is 0 Å². The molecule has 1 aromatic carbocycles. The fraction of sp³-hybridized carbons (Fsp3) is 0.500. The average Bonchev–Trinajstić information content (AvgIpc) is 2.83. The third kappa shape index (κ3) is 1.88. The first-order chi connectivity index (χ1) is 7.08. The van der Waals surface area contributed by atoms with Crippen LogP contribution in [0.15, 0.2) is 18.2 Å². The fourth-order valence-corrected chi connectivity index (χ4v) is 2.34. The molecule has 0 heterocycles. The Hall–Kier alpha value is -0.600. The molecule has 3 heteroatoms. The summed E-state index contributed by atoms with van der Waals surface area (Å²) in [4.78, 5) is 0. The predicted molar refractivity (Wildman–Crippen MR) is 58.3 cm³/mol. The van der Waals surface area contributed by atoms with Gasteiger partial charge >= 0.3 is 0 Å². The molecule has 1 aliphatic carbocycles. The first kappa shape index (κ1) is 10.9. The molecule has 2 atom stereocenters. The minimum Gasteiger partial charge on any atom is -0.385 e. The molecule has 1 aromatic rings. The van der Waals surface area contributed by atoms with Gasteiger partial charge in [-0.1, -0.05) is 24.9 Å². The number of benzene rings is 1. The number of halogens is 2. The third-order valence-electron chi connectivity index (χ3n) is 3.10. The Morgan fingerprint density at radius 2 is 2.33 bits per heavy atom. The van der Waals surface area contributed by atoms with Crippen molar-refractivity contribution in [1.29, 1.82) is 0 Å². The second-order valence-corrected chi connectivity index (χ2v) is 4.67. The molecule has 82 valence electrons. The van der Waals surface area contributed by atoms with E-state index in [1.54, 1.807) is 0 Å². The monoisotopic (exact) mass is 228 g/mol. The standard InChI is InChI=1S/C12H14ClFO/c1-2-3-8-7-12(8,15)10-6-9(13)4-5-11(10)14/h4-6,8,15H,2-3,7H2,1H3. The van der Waals surface area contributed by atoms with Crippen LogP contribution in [-0.4, -0.2) is 5.11 Å². The molecule has 0 bridgehead atoms. The van der Waals surface area contributed by atoms with Gasteiger partial charge in [0.05, 0.1) is 5.60 Å². The molecule has 1 fully saturated rings. The van der Waals surface area contributed by atoms with Gasteiger partial charge in [-0.25, -0.2) is 4.39 Å². The van der Waals surface area contributed by atoms with Gasteiger partial charge in [0.15, 0.2) is 0 Å². The van der Waals surface area contributed by atoms with Gasteiger partial charge in [0, 0.05) is 10.6 Å². The fourth-order valence-electron chi connectivity index (χ4n) is 2.17. The summed E-state index contributed by atoms with van der Waals surface area (Å²) in [6.07, 6.45) is 2.59. The molecule has 1 aliphatic rings. The van der Waals surface area contributed by atoms with E-state index in [1.807, 2.05) is 0 Å². The second kappa shape index (κ2) is 3.76. The Balaban J connectivity index is 2.27. The van der Waals surface area contributed by atoms with Crippen molar-refractivity contribution in [1.82, 2.24) is 0 Å². The normalized spacial score (nSPS) is 29.2. The summed E-state index contributed by atoms with van der Waals surface area (Å²) < 4.78 is 13.5. The van der Waals surface area contributed by atoms with Crippen LogP contribution in [0.2, 0.25) is 5.02 Å². The van der Waals surface area contributed by atoms with E-state index in [9.17, 15) is 9.50 Å². The van der Waals surface area contributed by atoms with Crippen LogP contribution >= 0.6 is 11.6 Å². The van der Waals surface area contributed by atoms with Crippen LogP contribution in [0, 0.1) is 11.7 Å². The van der Waals surface area contributed by atoms with Gasteiger partial charge in [-0.2, -0.15) is 0 Å². The maximum atomic E-state index is 13.5. The number of hydrogen-bond donors (Lipinski definition) is 1. The van der Waals surface area contributed by atoms with Crippen LogP contribution in [0.5, 0.6) is 0 Å². The van der Waals surface area contributed by atoms with Gasteiger partial charge in [0.25, 0.3) is 0 Å². The molecule has 1 N–H and O–H groups in total. The highest BCUT2D eigenvalue weighted by atomic mass is 35.5. The Bertz CT molecular complexity index is 380. The molecular weight excluding hydrogens is 215 g/mol. The summed E-state index contributed by atoms with van der Waals surface area (Å²) in [6, 6.07) is 4.35. The Kier molecular flexibility index (Phi) is 2.73. The quantitative estimate of drug-likeness (QED) is 0.840. The van der Waals surface area contributed by atoms with E-state index >= 15 is 0 Å². The highest BCUT2D eigenvalue weighted by molar-refractivity contribution is 6.30. The Labute approximate surface area is 93.9 Å². The molecule has 0 radical (unpaired) electrons. The summed E-state index contributed by atoms with van der Waals surface area (Å²) >= 11 is 5.80. The Morgan fingerprint density at radius 3 is 3.00 bits per heavy atom. The smallest absolute Gasteiger partial charge is 0.129 e. The van der Waals surface area contributed by atoms with E-state index in [0.29, 0.717) is 17.0 Å². The molecule has 1 nitrogen and oxygen atoms in total. The van der Waals surface area contributed by atoms with Crippen molar-refractivity contribution in [3.05, 3.63) is 34.6 Å².